The molecule has 35 heavy (non-hydrogen) atoms. The van der Waals surface area contributed by atoms with Crippen molar-refractivity contribution in [1.82, 2.24) is 20.3 Å². The van der Waals surface area contributed by atoms with Crippen LogP contribution in [0.15, 0.2) is 36.4 Å². The van der Waals surface area contributed by atoms with Gasteiger partial charge in [-0.1, -0.05) is 12.1 Å². The summed E-state index contributed by atoms with van der Waals surface area (Å²) in [5.41, 5.74) is 2.90. The summed E-state index contributed by atoms with van der Waals surface area (Å²) >= 11 is 0. The Balaban J connectivity index is 1.45. The second-order valence-electron chi connectivity index (χ2n) is 9.55. The number of carbonyl (C=O) groups is 1. The molecule has 9 heteroatoms. The second-order valence-corrected chi connectivity index (χ2v) is 9.55. The van der Waals surface area contributed by atoms with Crippen LogP contribution < -0.4 is 15.1 Å². The van der Waals surface area contributed by atoms with E-state index in [1.807, 2.05) is 24.3 Å². The topological polar surface area (TPSA) is 92.7 Å². The number of carbonyl (C=O) groups excluding carboxylic acids is 1. The van der Waals surface area contributed by atoms with Crippen LogP contribution in [0.3, 0.4) is 0 Å². The first kappa shape index (κ1) is 22.2. The third-order valence-corrected chi connectivity index (χ3v) is 7.14. The summed E-state index contributed by atoms with van der Waals surface area (Å²) in [6.07, 6.45) is 2.71. The van der Waals surface area contributed by atoms with Crippen LogP contribution >= 0.6 is 0 Å². The van der Waals surface area contributed by atoms with Crippen molar-refractivity contribution in [2.24, 2.45) is 0 Å². The Hall–Kier alpha value is -3.30. The lowest BCUT2D eigenvalue weighted by molar-refractivity contribution is 0.0303. The average molecular weight is 475 g/mol. The molecule has 1 amide bonds. The van der Waals surface area contributed by atoms with Crippen molar-refractivity contribution in [2.45, 2.75) is 38.0 Å². The number of nitrogens with one attached hydrogen (secondary N) is 1. The van der Waals surface area contributed by atoms with Gasteiger partial charge in [0.25, 0.3) is 5.91 Å². The van der Waals surface area contributed by atoms with Gasteiger partial charge in [0.1, 0.15) is 5.82 Å². The number of hydrogen-bond donors (Lipinski definition) is 1. The highest BCUT2D eigenvalue weighted by molar-refractivity contribution is 5.95. The van der Waals surface area contributed by atoms with E-state index in [0.717, 1.165) is 54.9 Å². The molecule has 3 fully saturated rings. The molecule has 3 aromatic rings. The lowest BCUT2D eigenvalue weighted by Crippen LogP contribution is -2.46. The molecule has 3 saturated heterocycles. The zero-order valence-electron chi connectivity index (χ0n) is 20.1. The zero-order valence-corrected chi connectivity index (χ0v) is 20.1. The van der Waals surface area contributed by atoms with Crippen molar-refractivity contribution in [3.05, 3.63) is 42.0 Å². The Morgan fingerprint density at radius 3 is 2.69 bits per heavy atom. The highest BCUT2D eigenvalue weighted by Crippen LogP contribution is 2.34. The first-order chi connectivity index (χ1) is 17.1. The van der Waals surface area contributed by atoms with E-state index in [4.69, 9.17) is 24.4 Å². The third-order valence-electron chi connectivity index (χ3n) is 7.14. The molecule has 5 heterocycles. The maximum atomic E-state index is 12.2. The van der Waals surface area contributed by atoms with Crippen LogP contribution in [0.25, 0.3) is 22.3 Å². The van der Waals surface area contributed by atoms with Crippen molar-refractivity contribution in [1.29, 1.82) is 0 Å². The highest BCUT2D eigenvalue weighted by atomic mass is 16.5. The number of nitrogens with zero attached hydrogens (tertiary/aromatic N) is 5. The average Bonchev–Trinajstić information content (AvgIpc) is 3.24. The standard InChI is InChI=1S/C26H30N6O3/c1-16-15-34-11-10-32(16)26-29-23-21(24(30-26)31-13-19-6-7-20(14-31)35-19)8-9-22(28-23)17-4-3-5-18(12-17)25(33)27-2/h3-5,8-9,12,16,19-20H,6-7,10-11,13-15H2,1-2H3,(H,27,33)/t16-,19?,20?/m0/s1. The Bertz CT molecular complexity index is 1260. The third kappa shape index (κ3) is 4.19. The minimum absolute atomic E-state index is 0.122. The maximum Gasteiger partial charge on any atom is 0.251 e. The van der Waals surface area contributed by atoms with Gasteiger partial charge in [0, 0.05) is 37.8 Å². The van der Waals surface area contributed by atoms with Gasteiger partial charge >= 0.3 is 0 Å². The molecule has 0 radical (unpaired) electrons. The van der Waals surface area contributed by atoms with Crippen LogP contribution in [0.5, 0.6) is 0 Å². The van der Waals surface area contributed by atoms with Crippen molar-refractivity contribution >= 4 is 28.7 Å². The molecule has 9 nitrogen and oxygen atoms in total. The summed E-state index contributed by atoms with van der Waals surface area (Å²) < 4.78 is 11.7. The van der Waals surface area contributed by atoms with E-state index in [0.29, 0.717) is 30.4 Å². The number of rotatable bonds is 4. The molecular weight excluding hydrogens is 444 g/mol. The van der Waals surface area contributed by atoms with Gasteiger partial charge in [-0.15, -0.1) is 0 Å². The van der Waals surface area contributed by atoms with Crippen molar-refractivity contribution in [2.75, 3.05) is 49.7 Å². The number of anilines is 2. The Labute approximate surface area is 204 Å². The van der Waals surface area contributed by atoms with Gasteiger partial charge in [0.2, 0.25) is 5.95 Å². The van der Waals surface area contributed by atoms with E-state index in [1.54, 1.807) is 13.1 Å². The van der Waals surface area contributed by atoms with Crippen molar-refractivity contribution in [3.63, 3.8) is 0 Å². The number of hydrogen-bond acceptors (Lipinski definition) is 8. The molecule has 3 aliphatic heterocycles. The summed E-state index contributed by atoms with van der Waals surface area (Å²) in [6.45, 7) is 5.85. The first-order valence-electron chi connectivity index (χ1n) is 12.3. The fourth-order valence-electron chi connectivity index (χ4n) is 5.29. The van der Waals surface area contributed by atoms with E-state index in [1.165, 1.54) is 0 Å². The lowest BCUT2D eigenvalue weighted by Gasteiger charge is -2.36. The van der Waals surface area contributed by atoms with Crippen molar-refractivity contribution < 1.29 is 14.3 Å². The van der Waals surface area contributed by atoms with E-state index in [-0.39, 0.29) is 24.2 Å². The van der Waals surface area contributed by atoms with Gasteiger partial charge in [-0.25, -0.2) is 4.98 Å². The van der Waals surface area contributed by atoms with E-state index >= 15 is 0 Å². The van der Waals surface area contributed by atoms with Crippen LogP contribution in [0, 0.1) is 0 Å². The minimum Gasteiger partial charge on any atom is -0.377 e. The highest BCUT2D eigenvalue weighted by Gasteiger charge is 2.35. The predicted octanol–water partition coefficient (Wildman–Crippen LogP) is 2.64. The summed E-state index contributed by atoms with van der Waals surface area (Å²) in [5.74, 6) is 1.48. The van der Waals surface area contributed by atoms with E-state index in [2.05, 4.69) is 28.1 Å². The summed E-state index contributed by atoms with van der Waals surface area (Å²) in [6, 6.07) is 11.7. The normalized spacial score (nSPS) is 24.1. The number of aromatic nitrogens is 3. The summed E-state index contributed by atoms with van der Waals surface area (Å²) in [7, 11) is 1.63. The number of amides is 1. The van der Waals surface area contributed by atoms with Crippen LogP contribution in [0.1, 0.15) is 30.1 Å². The molecule has 2 unspecified atom stereocenters. The quantitative estimate of drug-likeness (QED) is 0.617. The monoisotopic (exact) mass is 474 g/mol. The lowest BCUT2D eigenvalue weighted by atomic mass is 10.1. The Morgan fingerprint density at radius 1 is 1.09 bits per heavy atom. The number of pyridine rings is 1. The molecule has 0 aliphatic carbocycles. The molecule has 6 rings (SSSR count). The second kappa shape index (κ2) is 9.05. The molecule has 1 aromatic carbocycles. The van der Waals surface area contributed by atoms with Gasteiger partial charge in [-0.2, -0.15) is 9.97 Å². The smallest absolute Gasteiger partial charge is 0.251 e. The number of fused-ring (bicyclic) bond motifs is 3. The Morgan fingerprint density at radius 2 is 1.91 bits per heavy atom. The number of benzene rings is 1. The molecule has 182 valence electrons. The summed E-state index contributed by atoms with van der Waals surface area (Å²) in [5, 5.41) is 3.61. The van der Waals surface area contributed by atoms with Crippen LogP contribution in [0.2, 0.25) is 0 Å². The fourth-order valence-corrected chi connectivity index (χ4v) is 5.29. The first-order valence-corrected chi connectivity index (χ1v) is 12.3. The van der Waals surface area contributed by atoms with Gasteiger partial charge in [-0.3, -0.25) is 4.79 Å². The van der Waals surface area contributed by atoms with Gasteiger partial charge < -0.3 is 24.6 Å². The molecular formula is C26H30N6O3. The van der Waals surface area contributed by atoms with Gasteiger partial charge in [-0.05, 0) is 44.0 Å². The SMILES string of the molecule is CNC(=O)c1cccc(-c2ccc3c(N4CC5CCC(C4)O5)nc(N4CCOC[C@@H]4C)nc3n2)c1. The zero-order chi connectivity index (χ0) is 23.9. The molecule has 1 N–H and O–H groups in total. The molecule has 3 atom stereocenters. The molecule has 0 saturated carbocycles. The van der Waals surface area contributed by atoms with Crippen LogP contribution in [0.4, 0.5) is 11.8 Å². The maximum absolute atomic E-state index is 12.2. The minimum atomic E-state index is -0.122. The molecule has 2 aromatic heterocycles. The van der Waals surface area contributed by atoms with E-state index < -0.39 is 0 Å². The van der Waals surface area contributed by atoms with Crippen LogP contribution in [-0.2, 0) is 9.47 Å². The molecule has 3 aliphatic rings. The summed E-state index contributed by atoms with van der Waals surface area (Å²) in [4.78, 5) is 31.7. The molecule has 0 spiro atoms. The number of morpholine rings is 2. The Kier molecular flexibility index (Phi) is 5.74. The largest absolute Gasteiger partial charge is 0.377 e. The predicted molar refractivity (Wildman–Crippen MR) is 134 cm³/mol. The van der Waals surface area contributed by atoms with Crippen LogP contribution in [-0.4, -0.2) is 79.0 Å². The van der Waals surface area contributed by atoms with Crippen molar-refractivity contribution in [3.8, 4) is 11.3 Å². The molecule has 2 bridgehead atoms. The fraction of sp³-hybridized carbons (Fsp3) is 0.462. The number of ether oxygens (including phenoxy) is 2. The van der Waals surface area contributed by atoms with Gasteiger partial charge in [0.15, 0.2) is 5.65 Å². The van der Waals surface area contributed by atoms with E-state index in [9.17, 15) is 4.79 Å². The van der Waals surface area contributed by atoms with Gasteiger partial charge in [0.05, 0.1) is 42.5 Å².